The number of methoxy groups -OCH3 is 1. The molecule has 0 unspecified atom stereocenters. The molecule has 0 spiro atoms. The van der Waals surface area contributed by atoms with Gasteiger partial charge in [0.25, 0.3) is 5.91 Å². The first kappa shape index (κ1) is 20.0. The molecule has 1 aromatic heterocycles. The predicted molar refractivity (Wildman–Crippen MR) is 116 cm³/mol. The van der Waals surface area contributed by atoms with E-state index in [0.717, 1.165) is 33.1 Å². The molecule has 2 N–H and O–H groups in total. The highest BCUT2D eigenvalue weighted by atomic mass is 32.2. The van der Waals surface area contributed by atoms with E-state index in [9.17, 15) is 9.18 Å². The molecule has 30 heavy (non-hydrogen) atoms. The average Bonchev–Trinajstić information content (AvgIpc) is 3.19. The Kier molecular flexibility index (Phi) is 5.99. The molecular formula is C23H20FN3O2S. The smallest absolute Gasteiger partial charge is 0.251 e. The number of hydrogen-bond donors (Lipinski definition) is 2. The lowest BCUT2D eigenvalue weighted by Crippen LogP contribution is -2.22. The number of carbonyl (C=O) groups is 1. The van der Waals surface area contributed by atoms with Crippen LogP contribution >= 0.6 is 11.8 Å². The second kappa shape index (κ2) is 9.00. The van der Waals surface area contributed by atoms with Crippen molar-refractivity contribution in [3.8, 4) is 5.75 Å². The second-order valence-electron chi connectivity index (χ2n) is 6.72. The van der Waals surface area contributed by atoms with E-state index >= 15 is 0 Å². The van der Waals surface area contributed by atoms with Crippen LogP contribution in [-0.4, -0.2) is 23.0 Å². The Morgan fingerprint density at radius 1 is 1.07 bits per heavy atom. The molecule has 0 saturated carbocycles. The van der Waals surface area contributed by atoms with Gasteiger partial charge in [0.1, 0.15) is 11.6 Å². The van der Waals surface area contributed by atoms with Crippen molar-refractivity contribution in [2.45, 2.75) is 17.5 Å². The van der Waals surface area contributed by atoms with Crippen molar-refractivity contribution >= 4 is 28.7 Å². The van der Waals surface area contributed by atoms with Gasteiger partial charge in [-0.25, -0.2) is 9.37 Å². The fourth-order valence-corrected chi connectivity index (χ4v) is 3.80. The van der Waals surface area contributed by atoms with Crippen LogP contribution in [-0.2, 0) is 12.3 Å². The van der Waals surface area contributed by atoms with Crippen LogP contribution in [0.25, 0.3) is 11.0 Å². The van der Waals surface area contributed by atoms with Gasteiger partial charge in [0.2, 0.25) is 0 Å². The molecule has 0 atom stereocenters. The minimum absolute atomic E-state index is 0.150. The summed E-state index contributed by atoms with van der Waals surface area (Å²) in [6.45, 7) is 0.433. The Morgan fingerprint density at radius 3 is 2.53 bits per heavy atom. The van der Waals surface area contributed by atoms with Crippen molar-refractivity contribution in [1.82, 2.24) is 15.3 Å². The second-order valence-corrected chi connectivity index (χ2v) is 7.68. The first-order valence-electron chi connectivity index (χ1n) is 9.39. The van der Waals surface area contributed by atoms with Crippen LogP contribution in [0.15, 0.2) is 71.9 Å². The zero-order valence-electron chi connectivity index (χ0n) is 16.3. The van der Waals surface area contributed by atoms with Crippen LogP contribution in [0.1, 0.15) is 21.5 Å². The number of thioether (sulfide) groups is 1. The van der Waals surface area contributed by atoms with E-state index in [1.807, 2.05) is 30.3 Å². The number of H-pyrrole nitrogens is 1. The number of aromatic nitrogens is 2. The predicted octanol–water partition coefficient (Wildman–Crippen LogP) is 4.93. The van der Waals surface area contributed by atoms with Gasteiger partial charge in [-0.05, 0) is 53.6 Å². The van der Waals surface area contributed by atoms with Crippen LogP contribution in [0.2, 0.25) is 0 Å². The van der Waals surface area contributed by atoms with E-state index in [4.69, 9.17) is 4.74 Å². The number of fused-ring (bicyclic) bond motifs is 1. The van der Waals surface area contributed by atoms with Gasteiger partial charge in [-0.2, -0.15) is 0 Å². The molecule has 0 bridgehead atoms. The molecule has 4 aromatic rings. The summed E-state index contributed by atoms with van der Waals surface area (Å²) < 4.78 is 18.2. The average molecular weight is 421 g/mol. The molecule has 0 aliphatic heterocycles. The molecule has 7 heteroatoms. The molecule has 5 nitrogen and oxygen atoms in total. The van der Waals surface area contributed by atoms with Gasteiger partial charge in [0, 0.05) is 17.9 Å². The maximum atomic E-state index is 13.0. The van der Waals surface area contributed by atoms with Crippen molar-refractivity contribution in [2.75, 3.05) is 7.11 Å². The summed E-state index contributed by atoms with van der Waals surface area (Å²) >= 11 is 1.53. The number of imidazole rings is 1. The molecule has 0 fully saturated rings. The summed E-state index contributed by atoms with van der Waals surface area (Å²) in [6.07, 6.45) is 0. The third-order valence-electron chi connectivity index (χ3n) is 4.62. The Labute approximate surface area is 177 Å². The Morgan fingerprint density at radius 2 is 1.80 bits per heavy atom. The molecule has 0 saturated heterocycles. The normalized spacial score (nSPS) is 10.9. The van der Waals surface area contributed by atoms with Crippen LogP contribution in [0.3, 0.4) is 0 Å². The third-order valence-corrected chi connectivity index (χ3v) is 5.57. The fraction of sp³-hybridized carbons (Fsp3) is 0.130. The van der Waals surface area contributed by atoms with E-state index in [0.29, 0.717) is 17.9 Å². The zero-order chi connectivity index (χ0) is 20.9. The quantitative estimate of drug-likeness (QED) is 0.415. The molecular weight excluding hydrogens is 401 g/mol. The minimum atomic E-state index is -0.245. The van der Waals surface area contributed by atoms with Gasteiger partial charge in [-0.15, -0.1) is 0 Å². The topological polar surface area (TPSA) is 67.0 Å². The van der Waals surface area contributed by atoms with Gasteiger partial charge in [0.15, 0.2) is 5.16 Å². The van der Waals surface area contributed by atoms with Gasteiger partial charge in [-0.3, -0.25) is 4.79 Å². The summed E-state index contributed by atoms with van der Waals surface area (Å²) in [5.41, 5.74) is 4.17. The molecule has 1 amide bonds. The molecule has 0 aliphatic rings. The molecule has 0 aliphatic carbocycles. The van der Waals surface area contributed by atoms with Gasteiger partial charge >= 0.3 is 0 Å². The van der Waals surface area contributed by atoms with Crippen molar-refractivity contribution in [1.29, 1.82) is 0 Å². The van der Waals surface area contributed by atoms with E-state index in [-0.39, 0.29) is 11.7 Å². The maximum absolute atomic E-state index is 13.0. The molecule has 0 radical (unpaired) electrons. The first-order chi connectivity index (χ1) is 14.6. The number of nitrogens with zero attached hydrogens (tertiary/aromatic N) is 1. The van der Waals surface area contributed by atoms with E-state index in [1.54, 1.807) is 31.4 Å². The van der Waals surface area contributed by atoms with E-state index in [2.05, 4.69) is 15.3 Å². The summed E-state index contributed by atoms with van der Waals surface area (Å²) in [4.78, 5) is 20.3. The highest BCUT2D eigenvalue weighted by molar-refractivity contribution is 7.98. The highest BCUT2D eigenvalue weighted by Crippen LogP contribution is 2.24. The highest BCUT2D eigenvalue weighted by Gasteiger charge is 2.10. The minimum Gasteiger partial charge on any atom is -0.497 e. The number of halogens is 1. The Balaban J connectivity index is 1.39. The number of aromatic amines is 1. The Bertz CT molecular complexity index is 1160. The Hall–Kier alpha value is -3.32. The zero-order valence-corrected chi connectivity index (χ0v) is 17.1. The number of ether oxygens (including phenoxy) is 1. The summed E-state index contributed by atoms with van der Waals surface area (Å²) in [5, 5.41) is 3.68. The lowest BCUT2D eigenvalue weighted by atomic mass is 10.1. The number of carbonyl (C=O) groups excluding carboxylic acids is 1. The molecule has 152 valence electrons. The first-order valence-corrected chi connectivity index (χ1v) is 10.4. The number of hydrogen-bond acceptors (Lipinski definition) is 4. The van der Waals surface area contributed by atoms with Gasteiger partial charge in [-0.1, -0.05) is 36.0 Å². The molecule has 1 heterocycles. The molecule has 3 aromatic carbocycles. The number of amides is 1. The van der Waals surface area contributed by atoms with Crippen LogP contribution in [0.4, 0.5) is 4.39 Å². The lowest BCUT2D eigenvalue weighted by Gasteiger charge is -2.06. The van der Waals surface area contributed by atoms with Crippen LogP contribution < -0.4 is 10.1 Å². The van der Waals surface area contributed by atoms with Crippen molar-refractivity contribution in [3.63, 3.8) is 0 Å². The maximum Gasteiger partial charge on any atom is 0.251 e. The number of rotatable bonds is 7. The summed E-state index contributed by atoms with van der Waals surface area (Å²) in [5.74, 6) is 1.06. The number of benzene rings is 3. The van der Waals surface area contributed by atoms with E-state index < -0.39 is 0 Å². The third kappa shape index (κ3) is 4.80. The lowest BCUT2D eigenvalue weighted by molar-refractivity contribution is 0.0951. The molecule has 4 rings (SSSR count). The van der Waals surface area contributed by atoms with Crippen LogP contribution in [0.5, 0.6) is 5.75 Å². The van der Waals surface area contributed by atoms with Crippen LogP contribution in [0, 0.1) is 5.82 Å². The van der Waals surface area contributed by atoms with Crippen molar-refractivity contribution in [3.05, 3.63) is 89.2 Å². The van der Waals surface area contributed by atoms with Gasteiger partial charge in [0.05, 0.1) is 18.1 Å². The van der Waals surface area contributed by atoms with Gasteiger partial charge < -0.3 is 15.0 Å². The van der Waals surface area contributed by atoms with E-state index in [1.165, 1.54) is 23.9 Å². The fourth-order valence-electron chi connectivity index (χ4n) is 2.96. The monoisotopic (exact) mass is 421 g/mol. The largest absolute Gasteiger partial charge is 0.497 e. The van der Waals surface area contributed by atoms with Crippen molar-refractivity contribution in [2.24, 2.45) is 0 Å². The summed E-state index contributed by atoms with van der Waals surface area (Å²) in [7, 11) is 1.62. The number of nitrogens with one attached hydrogen (secondary N) is 2. The SMILES string of the molecule is COc1ccc(CNC(=O)c2ccc3nc(SCc4ccc(F)cc4)[nH]c3c2)cc1. The van der Waals surface area contributed by atoms with Crippen molar-refractivity contribution < 1.29 is 13.9 Å². The summed E-state index contributed by atoms with van der Waals surface area (Å²) in [6, 6.07) is 19.4. The standard InChI is InChI=1S/C23H20FN3O2S/c1-29-19-9-4-15(5-10-19)13-25-22(28)17-6-11-20-21(12-17)27-23(26-20)30-14-16-2-7-18(24)8-3-16/h2-12H,13-14H2,1H3,(H,25,28)(H,26,27).